The first-order valence-electron chi connectivity index (χ1n) is 5.85. The molecule has 0 heterocycles. The molecule has 0 bridgehead atoms. The third-order valence-electron chi connectivity index (χ3n) is 3.12. The molecule has 1 atom stereocenters. The van der Waals surface area contributed by atoms with Gasteiger partial charge < -0.3 is 10.4 Å². The van der Waals surface area contributed by atoms with Gasteiger partial charge in [-0.3, -0.25) is 0 Å². The van der Waals surface area contributed by atoms with E-state index in [1.54, 1.807) is 6.07 Å². The van der Waals surface area contributed by atoms with Crippen LogP contribution in [0, 0.1) is 0 Å². The zero-order valence-electron chi connectivity index (χ0n) is 9.70. The van der Waals surface area contributed by atoms with Crippen LogP contribution in [0.2, 0.25) is 0 Å². The summed E-state index contributed by atoms with van der Waals surface area (Å²) in [5.74, 6) is 1.61. The van der Waals surface area contributed by atoms with Crippen molar-refractivity contribution in [3.05, 3.63) is 29.3 Å². The van der Waals surface area contributed by atoms with Crippen LogP contribution in [-0.2, 0) is 6.42 Å². The monoisotopic (exact) mass is 237 g/mol. The van der Waals surface area contributed by atoms with Crippen LogP contribution in [0.3, 0.4) is 0 Å². The minimum absolute atomic E-state index is 0.391. The van der Waals surface area contributed by atoms with Gasteiger partial charge in [-0.25, -0.2) is 0 Å². The Morgan fingerprint density at radius 3 is 3.19 bits per heavy atom. The Labute approximate surface area is 101 Å². The first kappa shape index (κ1) is 11.8. The van der Waals surface area contributed by atoms with Gasteiger partial charge in [0.25, 0.3) is 0 Å². The average Bonchev–Trinajstić information content (AvgIpc) is 2.67. The smallest absolute Gasteiger partial charge is 0.115 e. The lowest BCUT2D eigenvalue weighted by molar-refractivity contribution is 0.474. The number of fused-ring (bicyclic) bond motifs is 1. The Morgan fingerprint density at radius 2 is 2.38 bits per heavy atom. The summed E-state index contributed by atoms with van der Waals surface area (Å²) >= 11 is 1.90. The summed E-state index contributed by atoms with van der Waals surface area (Å²) in [6.07, 6.45) is 5.63. The van der Waals surface area contributed by atoms with Gasteiger partial charge in [-0.05, 0) is 61.1 Å². The fourth-order valence-corrected chi connectivity index (χ4v) is 2.74. The van der Waals surface area contributed by atoms with Crippen LogP contribution in [0.25, 0.3) is 0 Å². The SMILES string of the molecule is CSCCCNC1CCc2cc(O)ccc21. The molecule has 0 spiro atoms. The maximum atomic E-state index is 9.41. The van der Waals surface area contributed by atoms with Gasteiger partial charge in [0.15, 0.2) is 0 Å². The number of phenolic OH excluding ortho intramolecular Hbond substituents is 1. The van der Waals surface area contributed by atoms with Crippen molar-refractivity contribution in [2.24, 2.45) is 0 Å². The van der Waals surface area contributed by atoms with Crippen LogP contribution in [0.5, 0.6) is 5.75 Å². The topological polar surface area (TPSA) is 32.3 Å². The van der Waals surface area contributed by atoms with Gasteiger partial charge in [0, 0.05) is 6.04 Å². The lowest BCUT2D eigenvalue weighted by atomic mass is 10.1. The van der Waals surface area contributed by atoms with Crippen molar-refractivity contribution in [1.82, 2.24) is 5.32 Å². The van der Waals surface area contributed by atoms with Gasteiger partial charge in [-0.1, -0.05) is 6.07 Å². The Hall–Kier alpha value is -0.670. The molecule has 16 heavy (non-hydrogen) atoms. The quantitative estimate of drug-likeness (QED) is 0.772. The largest absolute Gasteiger partial charge is 0.508 e. The molecule has 88 valence electrons. The lowest BCUT2D eigenvalue weighted by Gasteiger charge is -2.13. The van der Waals surface area contributed by atoms with Crippen LogP contribution in [-0.4, -0.2) is 23.7 Å². The molecule has 0 fully saturated rings. The fraction of sp³-hybridized carbons (Fsp3) is 0.538. The zero-order valence-corrected chi connectivity index (χ0v) is 10.5. The standard InChI is InChI=1S/C13H19NOS/c1-16-8-2-7-14-13-6-3-10-9-11(15)4-5-12(10)13/h4-5,9,13-15H,2-3,6-8H2,1H3. The van der Waals surface area contributed by atoms with Gasteiger partial charge in [-0.2, -0.15) is 11.8 Å². The van der Waals surface area contributed by atoms with Gasteiger partial charge in [-0.15, -0.1) is 0 Å². The second-order valence-corrected chi connectivity index (χ2v) is 5.26. The molecule has 1 aliphatic carbocycles. The fourth-order valence-electron chi connectivity index (χ4n) is 2.31. The molecule has 1 aliphatic rings. The molecule has 0 saturated heterocycles. The van der Waals surface area contributed by atoms with E-state index in [0.717, 1.165) is 19.4 Å². The van der Waals surface area contributed by atoms with Crippen LogP contribution in [0.4, 0.5) is 0 Å². The van der Waals surface area contributed by atoms with Crippen LogP contribution >= 0.6 is 11.8 Å². The Bertz CT molecular complexity index is 354. The summed E-state index contributed by atoms with van der Waals surface area (Å²) in [6.45, 7) is 1.09. The van der Waals surface area contributed by atoms with Crippen molar-refractivity contribution in [1.29, 1.82) is 0 Å². The molecule has 2 N–H and O–H groups in total. The summed E-state index contributed by atoms with van der Waals surface area (Å²) in [5, 5.41) is 13.0. The summed E-state index contributed by atoms with van der Waals surface area (Å²) in [4.78, 5) is 0. The molecular weight excluding hydrogens is 218 g/mol. The molecule has 0 aliphatic heterocycles. The van der Waals surface area contributed by atoms with Crippen molar-refractivity contribution in [3.63, 3.8) is 0 Å². The van der Waals surface area contributed by atoms with Crippen molar-refractivity contribution < 1.29 is 5.11 Å². The highest BCUT2D eigenvalue weighted by molar-refractivity contribution is 7.98. The number of phenols is 1. The van der Waals surface area contributed by atoms with E-state index < -0.39 is 0 Å². The average molecular weight is 237 g/mol. The number of nitrogens with one attached hydrogen (secondary N) is 1. The number of thioether (sulfide) groups is 1. The molecular formula is C13H19NOS. The molecule has 0 amide bonds. The first-order valence-corrected chi connectivity index (χ1v) is 7.25. The van der Waals surface area contributed by atoms with E-state index in [1.807, 2.05) is 17.8 Å². The summed E-state index contributed by atoms with van der Waals surface area (Å²) in [7, 11) is 0. The normalized spacial score (nSPS) is 18.7. The van der Waals surface area contributed by atoms with Crippen LogP contribution in [0.1, 0.15) is 30.0 Å². The van der Waals surface area contributed by atoms with E-state index in [2.05, 4.69) is 17.6 Å². The highest BCUT2D eigenvalue weighted by atomic mass is 32.2. The van der Waals surface area contributed by atoms with E-state index in [-0.39, 0.29) is 0 Å². The Balaban J connectivity index is 1.91. The maximum Gasteiger partial charge on any atom is 0.115 e. The van der Waals surface area contributed by atoms with E-state index in [4.69, 9.17) is 0 Å². The maximum absolute atomic E-state index is 9.41. The van der Waals surface area contributed by atoms with Crippen molar-refractivity contribution in [2.45, 2.75) is 25.3 Å². The highest BCUT2D eigenvalue weighted by Gasteiger charge is 2.21. The van der Waals surface area contributed by atoms with Crippen molar-refractivity contribution in [3.8, 4) is 5.75 Å². The van der Waals surface area contributed by atoms with Crippen molar-refractivity contribution >= 4 is 11.8 Å². The number of hydrogen-bond donors (Lipinski definition) is 2. The number of hydrogen-bond acceptors (Lipinski definition) is 3. The summed E-state index contributed by atoms with van der Waals surface area (Å²) in [6, 6.07) is 6.25. The second-order valence-electron chi connectivity index (χ2n) is 4.27. The number of rotatable bonds is 5. The summed E-state index contributed by atoms with van der Waals surface area (Å²) < 4.78 is 0. The Kier molecular flexibility index (Phi) is 4.13. The minimum atomic E-state index is 0.391. The van der Waals surface area contributed by atoms with E-state index in [0.29, 0.717) is 11.8 Å². The molecule has 2 rings (SSSR count). The molecule has 1 unspecified atom stereocenters. The van der Waals surface area contributed by atoms with Gasteiger partial charge in [0.2, 0.25) is 0 Å². The predicted octanol–water partition coefficient (Wildman–Crippen LogP) is 2.72. The number of aromatic hydroxyl groups is 1. The lowest BCUT2D eigenvalue weighted by Crippen LogP contribution is -2.20. The first-order chi connectivity index (χ1) is 7.81. The molecule has 0 saturated carbocycles. The predicted molar refractivity (Wildman–Crippen MR) is 70.2 cm³/mol. The van der Waals surface area contributed by atoms with E-state index >= 15 is 0 Å². The summed E-state index contributed by atoms with van der Waals surface area (Å²) in [5.41, 5.74) is 2.68. The van der Waals surface area contributed by atoms with Crippen molar-refractivity contribution in [2.75, 3.05) is 18.6 Å². The molecule has 3 heteroatoms. The van der Waals surface area contributed by atoms with E-state index in [1.165, 1.54) is 23.3 Å². The van der Waals surface area contributed by atoms with E-state index in [9.17, 15) is 5.11 Å². The minimum Gasteiger partial charge on any atom is -0.508 e. The molecule has 2 nitrogen and oxygen atoms in total. The number of benzene rings is 1. The highest BCUT2D eigenvalue weighted by Crippen LogP contribution is 2.33. The molecule has 0 aromatic heterocycles. The molecule has 1 aromatic carbocycles. The zero-order chi connectivity index (χ0) is 11.4. The Morgan fingerprint density at radius 1 is 1.50 bits per heavy atom. The van der Waals surface area contributed by atoms with Crippen LogP contribution in [0.15, 0.2) is 18.2 Å². The third-order valence-corrected chi connectivity index (χ3v) is 3.82. The van der Waals surface area contributed by atoms with Crippen LogP contribution < -0.4 is 5.32 Å². The third kappa shape index (κ3) is 2.71. The molecule has 0 radical (unpaired) electrons. The second kappa shape index (κ2) is 5.60. The number of aryl methyl sites for hydroxylation is 1. The van der Waals surface area contributed by atoms with Gasteiger partial charge >= 0.3 is 0 Å². The molecule has 1 aromatic rings. The van der Waals surface area contributed by atoms with Gasteiger partial charge in [0.1, 0.15) is 5.75 Å². The van der Waals surface area contributed by atoms with Gasteiger partial charge in [0.05, 0.1) is 0 Å².